The van der Waals surface area contributed by atoms with Crippen molar-refractivity contribution in [2.75, 3.05) is 11.4 Å². The van der Waals surface area contributed by atoms with E-state index in [2.05, 4.69) is 40.7 Å². The number of benzene rings is 1. The molecule has 0 radical (unpaired) electrons. The van der Waals surface area contributed by atoms with Crippen LogP contribution in [-0.4, -0.2) is 23.7 Å². The quantitative estimate of drug-likeness (QED) is 0.923. The van der Waals surface area contributed by atoms with Gasteiger partial charge in [-0.1, -0.05) is 22.0 Å². The number of rotatable bonds is 4. The predicted octanol–water partition coefficient (Wildman–Crippen LogP) is 3.63. The van der Waals surface area contributed by atoms with E-state index in [0.29, 0.717) is 18.4 Å². The van der Waals surface area contributed by atoms with Crippen LogP contribution < -0.4 is 4.90 Å². The Morgan fingerprint density at radius 3 is 2.89 bits per heavy atom. The van der Waals surface area contributed by atoms with Crippen LogP contribution in [0.15, 0.2) is 22.7 Å². The Morgan fingerprint density at radius 1 is 1.56 bits per heavy atom. The summed E-state index contributed by atoms with van der Waals surface area (Å²) in [4.78, 5) is 13.1. The molecule has 0 spiro atoms. The molecule has 1 unspecified atom stereocenters. The fourth-order valence-corrected chi connectivity index (χ4v) is 3.31. The summed E-state index contributed by atoms with van der Waals surface area (Å²) in [6.45, 7) is 5.26. The van der Waals surface area contributed by atoms with Gasteiger partial charge in [0, 0.05) is 35.1 Å². The molecule has 1 aromatic rings. The molecule has 1 aliphatic rings. The molecule has 3 nitrogen and oxygen atoms in total. The molecule has 0 aliphatic carbocycles. The van der Waals surface area contributed by atoms with Crippen molar-refractivity contribution in [3.05, 3.63) is 28.2 Å². The van der Waals surface area contributed by atoms with E-state index in [9.17, 15) is 4.79 Å². The Hall–Kier alpha value is -1.03. The molecule has 2 rings (SSSR count). The molecular weight excluding hydrogens is 294 g/mol. The van der Waals surface area contributed by atoms with Crippen LogP contribution in [0.1, 0.15) is 38.2 Å². The summed E-state index contributed by atoms with van der Waals surface area (Å²) in [5, 5.41) is 8.84. The van der Waals surface area contributed by atoms with Crippen LogP contribution in [-0.2, 0) is 4.79 Å². The van der Waals surface area contributed by atoms with Crippen molar-refractivity contribution in [1.29, 1.82) is 0 Å². The molecule has 18 heavy (non-hydrogen) atoms. The minimum Gasteiger partial charge on any atom is -0.481 e. The summed E-state index contributed by atoms with van der Waals surface area (Å²) < 4.78 is 1.10. The number of carbonyl (C=O) groups is 1. The van der Waals surface area contributed by atoms with Crippen molar-refractivity contribution >= 4 is 27.6 Å². The second kappa shape index (κ2) is 5.31. The lowest BCUT2D eigenvalue weighted by Gasteiger charge is -2.24. The largest absolute Gasteiger partial charge is 0.481 e. The van der Waals surface area contributed by atoms with Crippen molar-refractivity contribution in [2.45, 2.75) is 38.6 Å². The third-order valence-electron chi connectivity index (χ3n) is 3.49. The number of halogens is 1. The maximum absolute atomic E-state index is 10.7. The maximum atomic E-state index is 10.7. The SMILES string of the molecule is CC(C)N1CC(CCC(=O)O)c2c(Br)cccc21. The molecule has 1 atom stereocenters. The summed E-state index contributed by atoms with van der Waals surface area (Å²) in [6, 6.07) is 6.64. The second-order valence-corrected chi connectivity index (χ2v) is 5.90. The number of carboxylic acids is 1. The van der Waals surface area contributed by atoms with Crippen molar-refractivity contribution in [3.63, 3.8) is 0 Å². The molecular formula is C14H18BrNO2. The monoisotopic (exact) mass is 311 g/mol. The van der Waals surface area contributed by atoms with Crippen molar-refractivity contribution in [3.8, 4) is 0 Å². The predicted molar refractivity (Wildman–Crippen MR) is 76.2 cm³/mol. The van der Waals surface area contributed by atoms with Crippen LogP contribution in [0.5, 0.6) is 0 Å². The Morgan fingerprint density at radius 2 is 2.28 bits per heavy atom. The zero-order valence-corrected chi connectivity index (χ0v) is 12.3. The van der Waals surface area contributed by atoms with Gasteiger partial charge in [0.15, 0.2) is 0 Å². The van der Waals surface area contributed by atoms with Crippen LogP contribution in [0.2, 0.25) is 0 Å². The zero-order chi connectivity index (χ0) is 13.3. The highest BCUT2D eigenvalue weighted by atomic mass is 79.9. The average molecular weight is 312 g/mol. The van der Waals surface area contributed by atoms with Crippen LogP contribution in [0.4, 0.5) is 5.69 Å². The van der Waals surface area contributed by atoms with Crippen LogP contribution in [0, 0.1) is 0 Å². The van der Waals surface area contributed by atoms with E-state index in [1.54, 1.807) is 0 Å². The van der Waals surface area contributed by atoms with Gasteiger partial charge in [-0.2, -0.15) is 0 Å². The number of hydrogen-bond acceptors (Lipinski definition) is 2. The molecule has 4 heteroatoms. The lowest BCUT2D eigenvalue weighted by atomic mass is 9.96. The van der Waals surface area contributed by atoms with Gasteiger partial charge in [0.2, 0.25) is 0 Å². The molecule has 1 heterocycles. The molecule has 0 saturated heterocycles. The van der Waals surface area contributed by atoms with E-state index in [1.807, 2.05) is 12.1 Å². The maximum Gasteiger partial charge on any atom is 0.303 e. The lowest BCUT2D eigenvalue weighted by molar-refractivity contribution is -0.137. The normalized spacial score (nSPS) is 18.2. The number of anilines is 1. The first-order valence-corrected chi connectivity index (χ1v) is 7.07. The highest BCUT2D eigenvalue weighted by Crippen LogP contribution is 2.43. The number of carboxylic acid groups (broad SMARTS) is 1. The third kappa shape index (κ3) is 2.53. The summed E-state index contributed by atoms with van der Waals surface area (Å²) >= 11 is 3.60. The molecule has 0 bridgehead atoms. The lowest BCUT2D eigenvalue weighted by Crippen LogP contribution is -2.29. The van der Waals surface area contributed by atoms with E-state index in [-0.39, 0.29) is 6.42 Å². The highest BCUT2D eigenvalue weighted by molar-refractivity contribution is 9.10. The summed E-state index contributed by atoms with van der Waals surface area (Å²) in [5.41, 5.74) is 2.52. The number of hydrogen-bond donors (Lipinski definition) is 1. The molecule has 1 aromatic carbocycles. The minimum atomic E-state index is -0.716. The fraction of sp³-hybridized carbons (Fsp3) is 0.500. The average Bonchev–Trinajstić information content (AvgIpc) is 2.67. The van der Waals surface area contributed by atoms with E-state index < -0.39 is 5.97 Å². The number of nitrogens with zero attached hydrogens (tertiary/aromatic N) is 1. The number of aliphatic carboxylic acids is 1. The van der Waals surface area contributed by atoms with Gasteiger partial charge in [-0.15, -0.1) is 0 Å². The van der Waals surface area contributed by atoms with Gasteiger partial charge in [-0.3, -0.25) is 4.79 Å². The van der Waals surface area contributed by atoms with Crippen LogP contribution in [0.25, 0.3) is 0 Å². The summed E-state index contributed by atoms with van der Waals surface area (Å²) in [7, 11) is 0. The smallest absolute Gasteiger partial charge is 0.303 e. The van der Waals surface area contributed by atoms with Gasteiger partial charge in [0.25, 0.3) is 0 Å². The third-order valence-corrected chi connectivity index (χ3v) is 4.19. The van der Waals surface area contributed by atoms with E-state index >= 15 is 0 Å². The summed E-state index contributed by atoms with van der Waals surface area (Å²) in [6.07, 6.45) is 0.936. The van der Waals surface area contributed by atoms with Gasteiger partial charge < -0.3 is 10.0 Å². The van der Waals surface area contributed by atoms with E-state index in [1.165, 1.54) is 11.3 Å². The van der Waals surface area contributed by atoms with Gasteiger partial charge in [-0.05, 0) is 38.0 Å². The fourth-order valence-electron chi connectivity index (χ4n) is 2.63. The molecule has 0 aromatic heterocycles. The van der Waals surface area contributed by atoms with Gasteiger partial charge >= 0.3 is 5.97 Å². The van der Waals surface area contributed by atoms with Crippen molar-refractivity contribution in [1.82, 2.24) is 0 Å². The van der Waals surface area contributed by atoms with Crippen LogP contribution in [0.3, 0.4) is 0 Å². The molecule has 1 aliphatic heterocycles. The Balaban J connectivity index is 2.29. The Labute approximate surface area is 116 Å². The molecule has 98 valence electrons. The summed E-state index contributed by atoms with van der Waals surface area (Å²) in [5.74, 6) is -0.402. The topological polar surface area (TPSA) is 40.5 Å². The molecule has 0 saturated carbocycles. The molecule has 0 fully saturated rings. The van der Waals surface area contributed by atoms with Gasteiger partial charge in [0.1, 0.15) is 0 Å². The Bertz CT molecular complexity index is 459. The first kappa shape index (κ1) is 13.4. The van der Waals surface area contributed by atoms with Crippen molar-refractivity contribution in [2.24, 2.45) is 0 Å². The van der Waals surface area contributed by atoms with Crippen molar-refractivity contribution < 1.29 is 9.90 Å². The van der Waals surface area contributed by atoms with Gasteiger partial charge in [-0.25, -0.2) is 0 Å². The Kier molecular flexibility index (Phi) is 3.95. The van der Waals surface area contributed by atoms with E-state index in [4.69, 9.17) is 5.11 Å². The minimum absolute atomic E-state index is 0.234. The van der Waals surface area contributed by atoms with E-state index in [0.717, 1.165) is 11.0 Å². The number of fused-ring (bicyclic) bond motifs is 1. The standard InChI is InChI=1S/C14H18BrNO2/c1-9(2)16-8-10(6-7-13(17)18)14-11(15)4-3-5-12(14)16/h3-5,9-10H,6-8H2,1-2H3,(H,17,18). The molecule has 0 amide bonds. The van der Waals surface area contributed by atoms with Gasteiger partial charge in [0.05, 0.1) is 0 Å². The van der Waals surface area contributed by atoms with Crippen LogP contribution >= 0.6 is 15.9 Å². The first-order valence-electron chi connectivity index (χ1n) is 6.27. The molecule has 1 N–H and O–H groups in total. The first-order chi connectivity index (χ1) is 8.50. The highest BCUT2D eigenvalue weighted by Gasteiger charge is 2.31. The second-order valence-electron chi connectivity index (χ2n) is 5.05. The zero-order valence-electron chi connectivity index (χ0n) is 10.7.